The SMILES string of the molecule is C[C@H]1C[C@@H](C(=O)Nc2ccc(-c3ncon3)cc2)CCN1. The van der Waals surface area contributed by atoms with Gasteiger partial charge >= 0.3 is 0 Å². The van der Waals surface area contributed by atoms with E-state index in [2.05, 4.69) is 27.7 Å². The first kappa shape index (κ1) is 13.8. The molecule has 1 aliphatic rings. The Bertz CT molecular complexity index is 595. The fraction of sp³-hybridized carbons (Fsp3) is 0.400. The molecule has 1 saturated heterocycles. The van der Waals surface area contributed by atoms with Gasteiger partial charge in [0.1, 0.15) is 0 Å². The van der Waals surface area contributed by atoms with E-state index in [0.29, 0.717) is 11.9 Å². The molecule has 6 heteroatoms. The summed E-state index contributed by atoms with van der Waals surface area (Å²) in [6, 6.07) is 7.84. The first-order valence-electron chi connectivity index (χ1n) is 7.13. The Morgan fingerprint density at radius 3 is 2.86 bits per heavy atom. The van der Waals surface area contributed by atoms with E-state index in [1.807, 2.05) is 24.3 Å². The molecule has 6 nitrogen and oxygen atoms in total. The maximum absolute atomic E-state index is 12.2. The van der Waals surface area contributed by atoms with Crippen molar-refractivity contribution in [1.29, 1.82) is 0 Å². The zero-order chi connectivity index (χ0) is 14.7. The highest BCUT2D eigenvalue weighted by Crippen LogP contribution is 2.21. The normalized spacial score (nSPS) is 22.0. The van der Waals surface area contributed by atoms with Gasteiger partial charge < -0.3 is 15.2 Å². The minimum absolute atomic E-state index is 0.0816. The molecule has 1 amide bonds. The van der Waals surface area contributed by atoms with E-state index < -0.39 is 0 Å². The van der Waals surface area contributed by atoms with Gasteiger partial charge in [-0.15, -0.1) is 0 Å². The quantitative estimate of drug-likeness (QED) is 0.902. The molecular formula is C15H18N4O2. The van der Waals surface area contributed by atoms with Crippen LogP contribution in [0.1, 0.15) is 19.8 Å². The van der Waals surface area contributed by atoms with Crippen molar-refractivity contribution in [3.63, 3.8) is 0 Å². The summed E-state index contributed by atoms with van der Waals surface area (Å²) in [4.78, 5) is 16.2. The Morgan fingerprint density at radius 2 is 2.19 bits per heavy atom. The highest BCUT2D eigenvalue weighted by molar-refractivity contribution is 5.92. The molecule has 0 saturated carbocycles. The van der Waals surface area contributed by atoms with Crippen molar-refractivity contribution < 1.29 is 9.32 Å². The van der Waals surface area contributed by atoms with Crippen LogP contribution in [0.4, 0.5) is 5.69 Å². The van der Waals surface area contributed by atoms with E-state index in [4.69, 9.17) is 4.52 Å². The van der Waals surface area contributed by atoms with Crippen LogP contribution in [0.15, 0.2) is 35.2 Å². The molecule has 2 N–H and O–H groups in total. The number of carbonyl (C=O) groups is 1. The lowest BCUT2D eigenvalue weighted by Crippen LogP contribution is -2.40. The van der Waals surface area contributed by atoms with Crippen LogP contribution in [0.25, 0.3) is 11.4 Å². The van der Waals surface area contributed by atoms with Crippen molar-refractivity contribution in [1.82, 2.24) is 15.5 Å². The predicted octanol–water partition coefficient (Wildman–Crippen LogP) is 2.06. The zero-order valence-electron chi connectivity index (χ0n) is 11.9. The molecule has 0 bridgehead atoms. The van der Waals surface area contributed by atoms with Crippen LogP contribution in [0.2, 0.25) is 0 Å². The van der Waals surface area contributed by atoms with Gasteiger partial charge in [-0.25, -0.2) is 0 Å². The maximum atomic E-state index is 12.2. The van der Waals surface area contributed by atoms with Crippen molar-refractivity contribution in [2.75, 3.05) is 11.9 Å². The Morgan fingerprint density at radius 1 is 1.38 bits per heavy atom. The molecular weight excluding hydrogens is 268 g/mol. The first-order chi connectivity index (χ1) is 10.2. The third kappa shape index (κ3) is 3.28. The highest BCUT2D eigenvalue weighted by atomic mass is 16.5. The molecule has 21 heavy (non-hydrogen) atoms. The Kier molecular flexibility index (Phi) is 3.96. The highest BCUT2D eigenvalue weighted by Gasteiger charge is 2.24. The van der Waals surface area contributed by atoms with E-state index in [0.717, 1.165) is 30.6 Å². The Balaban J connectivity index is 1.63. The molecule has 1 aromatic carbocycles. The standard InChI is InChI=1S/C15H18N4O2/c1-10-8-12(6-7-16-10)15(20)18-13-4-2-11(3-5-13)14-17-9-21-19-14/h2-5,9-10,12,16H,6-8H2,1H3,(H,18,20)/t10-,12-/m0/s1. The second-order valence-electron chi connectivity index (χ2n) is 5.40. The van der Waals surface area contributed by atoms with Gasteiger partial charge in [0.2, 0.25) is 18.1 Å². The minimum atomic E-state index is 0.0816. The number of rotatable bonds is 3. The third-order valence-electron chi connectivity index (χ3n) is 3.77. The number of amides is 1. The van der Waals surface area contributed by atoms with E-state index in [1.165, 1.54) is 6.39 Å². The number of hydrogen-bond acceptors (Lipinski definition) is 5. The molecule has 0 radical (unpaired) electrons. The van der Waals surface area contributed by atoms with Crippen LogP contribution >= 0.6 is 0 Å². The van der Waals surface area contributed by atoms with E-state index in [-0.39, 0.29) is 11.8 Å². The van der Waals surface area contributed by atoms with Gasteiger partial charge in [-0.1, -0.05) is 5.16 Å². The van der Waals surface area contributed by atoms with Crippen molar-refractivity contribution in [2.24, 2.45) is 5.92 Å². The molecule has 2 heterocycles. The molecule has 0 spiro atoms. The van der Waals surface area contributed by atoms with Crippen molar-refractivity contribution in [3.05, 3.63) is 30.7 Å². The van der Waals surface area contributed by atoms with Gasteiger partial charge in [0, 0.05) is 23.2 Å². The van der Waals surface area contributed by atoms with Crippen LogP contribution in [-0.4, -0.2) is 28.6 Å². The van der Waals surface area contributed by atoms with Crippen LogP contribution in [-0.2, 0) is 4.79 Å². The summed E-state index contributed by atoms with van der Waals surface area (Å²) >= 11 is 0. The lowest BCUT2D eigenvalue weighted by atomic mass is 9.92. The number of hydrogen-bond donors (Lipinski definition) is 2. The van der Waals surface area contributed by atoms with Crippen molar-refractivity contribution in [2.45, 2.75) is 25.8 Å². The second-order valence-corrected chi connectivity index (χ2v) is 5.40. The molecule has 3 rings (SSSR count). The van der Waals surface area contributed by atoms with E-state index >= 15 is 0 Å². The summed E-state index contributed by atoms with van der Waals surface area (Å²) in [5.41, 5.74) is 1.65. The average Bonchev–Trinajstić information content (AvgIpc) is 3.02. The minimum Gasteiger partial charge on any atom is -0.342 e. The molecule has 1 fully saturated rings. The largest absolute Gasteiger partial charge is 0.342 e. The summed E-state index contributed by atoms with van der Waals surface area (Å²) in [5.74, 6) is 0.717. The van der Waals surface area contributed by atoms with Crippen molar-refractivity contribution in [3.8, 4) is 11.4 Å². The van der Waals surface area contributed by atoms with Crippen LogP contribution in [0.5, 0.6) is 0 Å². The van der Waals surface area contributed by atoms with Gasteiger partial charge in [-0.05, 0) is 50.6 Å². The number of aromatic nitrogens is 2. The smallest absolute Gasteiger partial charge is 0.227 e. The summed E-state index contributed by atoms with van der Waals surface area (Å²) in [6.45, 7) is 3.01. The van der Waals surface area contributed by atoms with Gasteiger partial charge in [-0.3, -0.25) is 4.79 Å². The number of benzene rings is 1. The molecule has 110 valence electrons. The fourth-order valence-electron chi connectivity index (χ4n) is 2.61. The number of carbonyl (C=O) groups excluding carboxylic acids is 1. The summed E-state index contributed by atoms with van der Waals surface area (Å²) in [7, 11) is 0. The average molecular weight is 286 g/mol. The number of nitrogens with one attached hydrogen (secondary N) is 2. The summed E-state index contributed by atoms with van der Waals surface area (Å²) in [6.07, 6.45) is 3.06. The Hall–Kier alpha value is -2.21. The second kappa shape index (κ2) is 6.05. The topological polar surface area (TPSA) is 80.1 Å². The maximum Gasteiger partial charge on any atom is 0.227 e. The monoisotopic (exact) mass is 286 g/mol. The van der Waals surface area contributed by atoms with E-state index in [9.17, 15) is 4.79 Å². The lowest BCUT2D eigenvalue weighted by molar-refractivity contribution is -0.120. The molecule has 0 unspecified atom stereocenters. The fourth-order valence-corrected chi connectivity index (χ4v) is 2.61. The third-order valence-corrected chi connectivity index (χ3v) is 3.77. The molecule has 2 aromatic rings. The first-order valence-corrected chi connectivity index (χ1v) is 7.13. The summed E-state index contributed by atoms with van der Waals surface area (Å²) in [5, 5.41) is 10.1. The van der Waals surface area contributed by atoms with Crippen LogP contribution in [0.3, 0.4) is 0 Å². The lowest BCUT2D eigenvalue weighted by Gasteiger charge is -2.27. The number of anilines is 1. The van der Waals surface area contributed by atoms with E-state index in [1.54, 1.807) is 0 Å². The zero-order valence-corrected chi connectivity index (χ0v) is 11.9. The van der Waals surface area contributed by atoms with Gasteiger partial charge in [0.05, 0.1) is 0 Å². The summed E-state index contributed by atoms with van der Waals surface area (Å²) < 4.78 is 4.72. The van der Waals surface area contributed by atoms with Crippen LogP contribution < -0.4 is 10.6 Å². The van der Waals surface area contributed by atoms with Gasteiger partial charge in [0.15, 0.2) is 0 Å². The predicted molar refractivity (Wildman–Crippen MR) is 78.6 cm³/mol. The van der Waals surface area contributed by atoms with Crippen LogP contribution in [0, 0.1) is 5.92 Å². The van der Waals surface area contributed by atoms with Crippen molar-refractivity contribution >= 4 is 11.6 Å². The number of nitrogens with zero attached hydrogens (tertiary/aromatic N) is 2. The molecule has 2 atom stereocenters. The van der Waals surface area contributed by atoms with Gasteiger partial charge in [-0.2, -0.15) is 4.98 Å². The molecule has 0 aliphatic carbocycles. The Labute approximate surface area is 122 Å². The van der Waals surface area contributed by atoms with Gasteiger partial charge in [0.25, 0.3) is 0 Å². The number of piperidine rings is 1. The molecule has 1 aliphatic heterocycles. The molecule has 1 aromatic heterocycles.